The Bertz CT molecular complexity index is 445. The van der Waals surface area contributed by atoms with Gasteiger partial charge in [-0.1, -0.05) is 6.92 Å². The van der Waals surface area contributed by atoms with E-state index in [4.69, 9.17) is 0 Å². The third kappa shape index (κ3) is 1.98. The van der Waals surface area contributed by atoms with E-state index in [9.17, 15) is 0 Å². The van der Waals surface area contributed by atoms with Crippen molar-refractivity contribution in [2.45, 2.75) is 64.0 Å². The molecule has 1 aromatic heterocycles. The Kier molecular flexibility index (Phi) is 3.05. The van der Waals surface area contributed by atoms with Crippen molar-refractivity contribution in [3.8, 4) is 0 Å². The summed E-state index contributed by atoms with van der Waals surface area (Å²) in [5.41, 5.74) is 0.251. The van der Waals surface area contributed by atoms with Gasteiger partial charge in [-0.2, -0.15) is 0 Å². The zero-order valence-electron chi connectivity index (χ0n) is 12.4. The Morgan fingerprint density at radius 3 is 2.40 bits per heavy atom. The second-order valence-corrected chi connectivity index (χ2v) is 7.33. The number of nitrogens with zero attached hydrogens (tertiary/aromatic N) is 4. The van der Waals surface area contributed by atoms with E-state index in [1.807, 2.05) is 0 Å². The van der Waals surface area contributed by atoms with Crippen LogP contribution in [0.2, 0.25) is 0 Å². The highest BCUT2D eigenvalue weighted by molar-refractivity contribution is 5.06. The largest absolute Gasteiger partial charge is 0.310 e. The third-order valence-corrected chi connectivity index (χ3v) is 5.70. The fraction of sp³-hybridized carbons (Fsp3) is 0.933. The van der Waals surface area contributed by atoms with Crippen molar-refractivity contribution in [1.82, 2.24) is 25.5 Å². The molecule has 4 saturated carbocycles. The van der Waals surface area contributed by atoms with Crippen molar-refractivity contribution in [3.05, 3.63) is 5.82 Å². The smallest absolute Gasteiger partial charge is 0.165 e. The second-order valence-electron chi connectivity index (χ2n) is 7.33. The van der Waals surface area contributed by atoms with Gasteiger partial charge in [0.15, 0.2) is 5.82 Å². The maximum atomic E-state index is 4.40. The number of hydrogen-bond acceptors (Lipinski definition) is 4. The molecule has 1 N–H and O–H groups in total. The summed E-state index contributed by atoms with van der Waals surface area (Å²) < 4.78 is 2.21. The van der Waals surface area contributed by atoms with Crippen LogP contribution in [-0.2, 0) is 12.1 Å². The molecule has 0 saturated heterocycles. The van der Waals surface area contributed by atoms with Crippen LogP contribution in [0.25, 0.3) is 0 Å². The Morgan fingerprint density at radius 1 is 1.15 bits per heavy atom. The highest BCUT2D eigenvalue weighted by Gasteiger charge is 2.53. The summed E-state index contributed by atoms with van der Waals surface area (Å²) in [4.78, 5) is 0. The summed E-state index contributed by atoms with van der Waals surface area (Å²) in [5, 5.41) is 16.1. The van der Waals surface area contributed by atoms with Crippen molar-refractivity contribution in [2.75, 3.05) is 6.54 Å². The minimum atomic E-state index is 0.251. The van der Waals surface area contributed by atoms with Gasteiger partial charge in [-0.05, 0) is 79.7 Å². The predicted octanol–water partition coefficient (Wildman–Crippen LogP) is 2.10. The first-order valence-corrected chi connectivity index (χ1v) is 8.27. The summed E-state index contributed by atoms with van der Waals surface area (Å²) in [5.74, 6) is 3.84. The maximum absolute atomic E-state index is 4.40. The minimum absolute atomic E-state index is 0.251. The lowest BCUT2D eigenvalue weighted by atomic mass is 9.53. The fourth-order valence-corrected chi connectivity index (χ4v) is 5.39. The molecule has 5 heteroatoms. The van der Waals surface area contributed by atoms with E-state index in [0.717, 1.165) is 43.1 Å². The van der Waals surface area contributed by atoms with Gasteiger partial charge >= 0.3 is 0 Å². The van der Waals surface area contributed by atoms with Crippen LogP contribution >= 0.6 is 0 Å². The van der Waals surface area contributed by atoms with E-state index in [2.05, 4.69) is 32.4 Å². The molecular formula is C15H25N5. The molecule has 0 radical (unpaired) electrons. The SMILES string of the molecule is CCCNCc1nnnn1C12CC3CC(CC(C3)C1)C2. The summed E-state index contributed by atoms with van der Waals surface area (Å²) >= 11 is 0. The molecule has 0 amide bonds. The van der Waals surface area contributed by atoms with Gasteiger partial charge in [0.2, 0.25) is 0 Å². The number of hydrogen-bond donors (Lipinski definition) is 1. The molecule has 4 bridgehead atoms. The Balaban J connectivity index is 1.59. The molecule has 110 valence electrons. The number of aromatic nitrogens is 4. The molecule has 20 heavy (non-hydrogen) atoms. The zero-order valence-corrected chi connectivity index (χ0v) is 12.4. The first kappa shape index (κ1) is 12.7. The van der Waals surface area contributed by atoms with Gasteiger partial charge in [0.1, 0.15) is 0 Å². The zero-order chi connectivity index (χ0) is 13.6. The summed E-state index contributed by atoms with van der Waals surface area (Å²) in [6.07, 6.45) is 9.47. The molecule has 0 unspecified atom stereocenters. The second kappa shape index (κ2) is 4.79. The Labute approximate surface area is 120 Å². The minimum Gasteiger partial charge on any atom is -0.310 e. The molecule has 5 nitrogen and oxygen atoms in total. The van der Waals surface area contributed by atoms with Gasteiger partial charge < -0.3 is 5.32 Å². The average molecular weight is 275 g/mol. The predicted molar refractivity (Wildman–Crippen MR) is 76.0 cm³/mol. The van der Waals surface area contributed by atoms with Crippen LogP contribution < -0.4 is 5.32 Å². The van der Waals surface area contributed by atoms with E-state index < -0.39 is 0 Å². The van der Waals surface area contributed by atoms with Crippen LogP contribution in [0, 0.1) is 17.8 Å². The number of rotatable bonds is 5. The fourth-order valence-electron chi connectivity index (χ4n) is 5.39. The quantitative estimate of drug-likeness (QED) is 0.836. The highest BCUT2D eigenvalue weighted by Crippen LogP contribution is 2.58. The van der Waals surface area contributed by atoms with Crippen molar-refractivity contribution in [1.29, 1.82) is 0 Å². The number of nitrogens with one attached hydrogen (secondary N) is 1. The van der Waals surface area contributed by atoms with Gasteiger partial charge in [-0.3, -0.25) is 0 Å². The first-order valence-electron chi connectivity index (χ1n) is 8.27. The molecule has 0 aromatic carbocycles. The van der Waals surface area contributed by atoms with Crippen LogP contribution in [0.3, 0.4) is 0 Å². The van der Waals surface area contributed by atoms with Gasteiger partial charge in [0.05, 0.1) is 12.1 Å². The monoisotopic (exact) mass is 275 g/mol. The average Bonchev–Trinajstić information content (AvgIpc) is 2.86. The molecule has 1 aromatic rings. The van der Waals surface area contributed by atoms with E-state index in [-0.39, 0.29) is 5.54 Å². The lowest BCUT2D eigenvalue weighted by molar-refractivity contribution is -0.0518. The Morgan fingerprint density at radius 2 is 1.80 bits per heavy atom. The maximum Gasteiger partial charge on any atom is 0.165 e. The standard InChI is InChI=1S/C15H25N5/c1-2-3-16-10-14-17-18-19-20(14)15-7-11-4-12(8-15)6-13(5-11)9-15/h11-13,16H,2-10H2,1H3. The molecular weight excluding hydrogens is 250 g/mol. The van der Waals surface area contributed by atoms with Crippen LogP contribution in [0.5, 0.6) is 0 Å². The van der Waals surface area contributed by atoms with E-state index in [1.54, 1.807) is 0 Å². The van der Waals surface area contributed by atoms with Crippen molar-refractivity contribution in [3.63, 3.8) is 0 Å². The molecule has 4 aliphatic rings. The lowest BCUT2D eigenvalue weighted by Gasteiger charge is -2.56. The molecule has 0 aliphatic heterocycles. The molecule has 1 heterocycles. The Hall–Kier alpha value is -0.970. The van der Waals surface area contributed by atoms with E-state index in [1.165, 1.54) is 38.5 Å². The van der Waals surface area contributed by atoms with Crippen molar-refractivity contribution < 1.29 is 0 Å². The summed E-state index contributed by atoms with van der Waals surface area (Å²) in [6, 6.07) is 0. The van der Waals surface area contributed by atoms with Gasteiger partial charge in [-0.25, -0.2) is 4.68 Å². The third-order valence-electron chi connectivity index (χ3n) is 5.70. The topological polar surface area (TPSA) is 55.6 Å². The summed E-state index contributed by atoms with van der Waals surface area (Å²) in [7, 11) is 0. The van der Waals surface area contributed by atoms with E-state index in [0.29, 0.717) is 0 Å². The molecule has 0 atom stereocenters. The van der Waals surface area contributed by atoms with Crippen LogP contribution in [0.15, 0.2) is 0 Å². The first-order chi connectivity index (χ1) is 9.79. The van der Waals surface area contributed by atoms with Crippen molar-refractivity contribution >= 4 is 0 Å². The lowest BCUT2D eigenvalue weighted by Crippen LogP contribution is -2.52. The highest BCUT2D eigenvalue weighted by atomic mass is 15.6. The van der Waals surface area contributed by atoms with Crippen LogP contribution in [0.4, 0.5) is 0 Å². The molecule has 0 spiro atoms. The van der Waals surface area contributed by atoms with Gasteiger partial charge in [0.25, 0.3) is 0 Å². The van der Waals surface area contributed by atoms with Crippen LogP contribution in [-0.4, -0.2) is 26.8 Å². The normalized spacial score (nSPS) is 38.5. The molecule has 4 fully saturated rings. The van der Waals surface area contributed by atoms with Gasteiger partial charge in [-0.15, -0.1) is 5.10 Å². The molecule has 4 aliphatic carbocycles. The molecule has 5 rings (SSSR count). The summed E-state index contributed by atoms with van der Waals surface area (Å²) in [6.45, 7) is 4.03. The number of tetrazole rings is 1. The van der Waals surface area contributed by atoms with Crippen molar-refractivity contribution in [2.24, 2.45) is 17.8 Å². The van der Waals surface area contributed by atoms with Crippen LogP contribution in [0.1, 0.15) is 57.7 Å². The van der Waals surface area contributed by atoms with E-state index >= 15 is 0 Å². The van der Waals surface area contributed by atoms with Gasteiger partial charge in [0, 0.05) is 0 Å².